The van der Waals surface area contributed by atoms with Gasteiger partial charge in [0, 0.05) is 11.9 Å². The second kappa shape index (κ2) is 9.50. The fourth-order valence-corrected chi connectivity index (χ4v) is 2.88. The average molecular weight is 380 g/mol. The van der Waals surface area contributed by atoms with E-state index in [0.717, 1.165) is 22.1 Å². The van der Waals surface area contributed by atoms with Gasteiger partial charge in [0.05, 0.1) is 20.8 Å². The average Bonchev–Trinajstić information content (AvgIpc) is 2.75. The van der Waals surface area contributed by atoms with E-state index in [2.05, 4.69) is 10.6 Å². The molecule has 0 saturated heterocycles. The molecule has 3 aromatic rings. The Morgan fingerprint density at radius 1 is 0.857 bits per heavy atom. The molecular weight excluding hydrogens is 356 g/mol. The number of fused-ring (bicyclic) bond motifs is 1. The predicted molar refractivity (Wildman–Crippen MR) is 109 cm³/mol. The van der Waals surface area contributed by atoms with Crippen LogP contribution in [-0.2, 0) is 6.54 Å². The maximum Gasteiger partial charge on any atom is 0.315 e. The molecule has 3 rings (SSSR count). The lowest BCUT2D eigenvalue weighted by Gasteiger charge is -2.12. The van der Waals surface area contributed by atoms with Gasteiger partial charge < -0.3 is 24.8 Å². The first-order valence-corrected chi connectivity index (χ1v) is 9.04. The van der Waals surface area contributed by atoms with Gasteiger partial charge in [0.2, 0.25) is 0 Å². The van der Waals surface area contributed by atoms with E-state index >= 15 is 0 Å². The first-order valence-electron chi connectivity index (χ1n) is 9.04. The molecule has 2 N–H and O–H groups in total. The van der Waals surface area contributed by atoms with Crippen LogP contribution in [0.5, 0.6) is 17.2 Å². The summed E-state index contributed by atoms with van der Waals surface area (Å²) < 4.78 is 16.3. The Labute approximate surface area is 164 Å². The summed E-state index contributed by atoms with van der Waals surface area (Å²) in [7, 11) is 3.17. The number of carbonyl (C=O) groups is 1. The third kappa shape index (κ3) is 4.85. The molecule has 3 aromatic carbocycles. The van der Waals surface area contributed by atoms with E-state index in [1.165, 1.54) is 0 Å². The van der Waals surface area contributed by atoms with E-state index in [1.54, 1.807) is 14.2 Å². The summed E-state index contributed by atoms with van der Waals surface area (Å²) in [5.74, 6) is 2.10. The van der Waals surface area contributed by atoms with Gasteiger partial charge in [0.25, 0.3) is 0 Å². The van der Waals surface area contributed by atoms with Gasteiger partial charge in [-0.3, -0.25) is 0 Å². The van der Waals surface area contributed by atoms with Crippen LogP contribution in [0.4, 0.5) is 4.79 Å². The largest absolute Gasteiger partial charge is 0.493 e. The summed E-state index contributed by atoms with van der Waals surface area (Å²) in [6.07, 6.45) is 0. The van der Waals surface area contributed by atoms with Crippen molar-refractivity contribution in [2.75, 3.05) is 27.4 Å². The van der Waals surface area contributed by atoms with Crippen LogP contribution in [0.15, 0.2) is 60.7 Å². The number of benzene rings is 3. The van der Waals surface area contributed by atoms with Crippen molar-refractivity contribution in [1.29, 1.82) is 0 Å². The van der Waals surface area contributed by atoms with Crippen LogP contribution in [0.2, 0.25) is 0 Å². The van der Waals surface area contributed by atoms with Crippen molar-refractivity contribution in [3.8, 4) is 17.2 Å². The van der Waals surface area contributed by atoms with E-state index < -0.39 is 0 Å². The molecule has 6 heteroatoms. The van der Waals surface area contributed by atoms with Crippen molar-refractivity contribution in [2.45, 2.75) is 6.54 Å². The van der Waals surface area contributed by atoms with Crippen molar-refractivity contribution in [1.82, 2.24) is 10.6 Å². The van der Waals surface area contributed by atoms with Crippen molar-refractivity contribution in [3.05, 3.63) is 66.2 Å². The highest BCUT2D eigenvalue weighted by Gasteiger charge is 2.06. The second-order valence-electron chi connectivity index (χ2n) is 6.12. The third-order valence-corrected chi connectivity index (χ3v) is 4.30. The number of hydrogen-bond acceptors (Lipinski definition) is 4. The topological polar surface area (TPSA) is 68.8 Å². The molecule has 0 spiro atoms. The maximum absolute atomic E-state index is 12.0. The molecule has 6 nitrogen and oxygen atoms in total. The van der Waals surface area contributed by atoms with Crippen LogP contribution in [-0.4, -0.2) is 33.4 Å². The zero-order chi connectivity index (χ0) is 19.8. The fourth-order valence-electron chi connectivity index (χ4n) is 2.88. The van der Waals surface area contributed by atoms with Gasteiger partial charge in [0.1, 0.15) is 12.4 Å². The van der Waals surface area contributed by atoms with Crippen molar-refractivity contribution >= 4 is 16.8 Å². The van der Waals surface area contributed by atoms with Gasteiger partial charge in [-0.05, 0) is 29.1 Å². The number of ether oxygens (including phenoxy) is 3. The molecule has 2 amide bonds. The molecule has 0 bridgehead atoms. The van der Waals surface area contributed by atoms with Gasteiger partial charge >= 0.3 is 6.03 Å². The molecule has 146 valence electrons. The number of rotatable bonds is 8. The number of urea groups is 1. The van der Waals surface area contributed by atoms with Gasteiger partial charge in [-0.1, -0.05) is 42.5 Å². The minimum absolute atomic E-state index is 0.253. The van der Waals surface area contributed by atoms with Gasteiger partial charge in [-0.2, -0.15) is 0 Å². The molecule has 0 aliphatic rings. The van der Waals surface area contributed by atoms with Gasteiger partial charge in [-0.15, -0.1) is 0 Å². The third-order valence-electron chi connectivity index (χ3n) is 4.30. The number of nitrogens with one attached hydrogen (secondary N) is 2. The summed E-state index contributed by atoms with van der Waals surface area (Å²) in [4.78, 5) is 12.0. The smallest absolute Gasteiger partial charge is 0.315 e. The van der Waals surface area contributed by atoms with Crippen LogP contribution in [0, 0.1) is 0 Å². The molecule has 0 aliphatic carbocycles. The van der Waals surface area contributed by atoms with Gasteiger partial charge in [-0.25, -0.2) is 4.79 Å². The Kier molecular flexibility index (Phi) is 6.57. The monoisotopic (exact) mass is 380 g/mol. The van der Waals surface area contributed by atoms with E-state index in [-0.39, 0.29) is 6.03 Å². The first-order chi connectivity index (χ1) is 13.7. The minimum atomic E-state index is -0.253. The second-order valence-corrected chi connectivity index (χ2v) is 6.12. The molecule has 0 atom stereocenters. The number of methoxy groups -OCH3 is 2. The van der Waals surface area contributed by atoms with Crippen LogP contribution >= 0.6 is 0 Å². The van der Waals surface area contributed by atoms with Crippen LogP contribution < -0.4 is 24.8 Å². The van der Waals surface area contributed by atoms with Crippen molar-refractivity contribution in [3.63, 3.8) is 0 Å². The van der Waals surface area contributed by atoms with E-state index in [1.807, 2.05) is 60.7 Å². The highest BCUT2D eigenvalue weighted by Crippen LogP contribution is 2.27. The Balaban J connectivity index is 1.43. The van der Waals surface area contributed by atoms with Gasteiger partial charge in [0.15, 0.2) is 11.5 Å². The summed E-state index contributed by atoms with van der Waals surface area (Å²) in [5.41, 5.74) is 0.916. The normalized spacial score (nSPS) is 10.4. The molecule has 0 saturated carbocycles. The maximum atomic E-state index is 12.0. The zero-order valence-corrected chi connectivity index (χ0v) is 16.0. The summed E-state index contributed by atoms with van der Waals surface area (Å²) in [6.45, 7) is 1.18. The molecule has 0 radical (unpaired) electrons. The van der Waals surface area contributed by atoms with Crippen LogP contribution in [0.25, 0.3) is 10.8 Å². The molecule has 0 aliphatic heterocycles. The highest BCUT2D eigenvalue weighted by atomic mass is 16.5. The quantitative estimate of drug-likeness (QED) is 0.584. The summed E-state index contributed by atoms with van der Waals surface area (Å²) in [5, 5.41) is 7.79. The lowest BCUT2D eigenvalue weighted by atomic mass is 10.1. The molecule has 0 fully saturated rings. The number of hydrogen-bond donors (Lipinski definition) is 2. The van der Waals surface area contributed by atoms with Crippen LogP contribution in [0.3, 0.4) is 0 Å². The lowest BCUT2D eigenvalue weighted by molar-refractivity contribution is 0.236. The standard InChI is InChI=1S/C22H24N2O4/c1-26-20-11-10-16(14-21(20)27-2)15-24-22(25)23-12-13-28-19-9-5-7-17-6-3-4-8-18(17)19/h3-11,14H,12-13,15H2,1-2H3,(H2,23,24,25). The lowest BCUT2D eigenvalue weighted by Crippen LogP contribution is -2.37. The molecular formula is C22H24N2O4. The van der Waals surface area contributed by atoms with E-state index in [9.17, 15) is 4.79 Å². The van der Waals surface area contributed by atoms with Crippen molar-refractivity contribution in [2.24, 2.45) is 0 Å². The summed E-state index contributed by atoms with van der Waals surface area (Å²) in [6, 6.07) is 19.3. The Morgan fingerprint density at radius 3 is 2.46 bits per heavy atom. The number of amides is 2. The predicted octanol–water partition coefficient (Wildman–Crippen LogP) is 3.74. The fraction of sp³-hybridized carbons (Fsp3) is 0.227. The molecule has 0 unspecified atom stereocenters. The number of carbonyl (C=O) groups excluding carboxylic acids is 1. The summed E-state index contributed by atoms with van der Waals surface area (Å²) >= 11 is 0. The Bertz CT molecular complexity index is 937. The molecule has 0 heterocycles. The Hall–Kier alpha value is -3.41. The Morgan fingerprint density at radius 2 is 1.64 bits per heavy atom. The highest BCUT2D eigenvalue weighted by molar-refractivity contribution is 5.88. The van der Waals surface area contributed by atoms with Crippen LogP contribution in [0.1, 0.15) is 5.56 Å². The van der Waals surface area contributed by atoms with E-state index in [4.69, 9.17) is 14.2 Å². The zero-order valence-electron chi connectivity index (χ0n) is 16.0. The molecule has 28 heavy (non-hydrogen) atoms. The van der Waals surface area contributed by atoms with E-state index in [0.29, 0.717) is 31.2 Å². The minimum Gasteiger partial charge on any atom is -0.493 e. The first kappa shape index (κ1) is 19.4. The molecule has 0 aromatic heterocycles. The van der Waals surface area contributed by atoms with Crippen molar-refractivity contribution < 1.29 is 19.0 Å². The SMILES string of the molecule is COc1ccc(CNC(=O)NCCOc2cccc3ccccc23)cc1OC.